The maximum atomic E-state index is 12.6. The van der Waals surface area contributed by atoms with Crippen LogP contribution in [0.3, 0.4) is 0 Å². The fraction of sp³-hybridized carbons (Fsp3) is 0.185. The van der Waals surface area contributed by atoms with Gasteiger partial charge < -0.3 is 24.8 Å². The molecule has 0 bridgehead atoms. The number of hydrogen-bond acceptors (Lipinski definition) is 7. The third-order valence-electron chi connectivity index (χ3n) is 6.02. The summed E-state index contributed by atoms with van der Waals surface area (Å²) >= 11 is 5.34. The minimum absolute atomic E-state index is 0.0517. The largest absolute Gasteiger partial charge is 0.493 e. The van der Waals surface area contributed by atoms with E-state index in [4.69, 9.17) is 26.4 Å². The van der Waals surface area contributed by atoms with Gasteiger partial charge in [0.25, 0.3) is 0 Å². The Balaban J connectivity index is 1.20. The molecule has 1 amide bonds. The Labute approximate surface area is 213 Å². The van der Waals surface area contributed by atoms with Crippen molar-refractivity contribution in [3.05, 3.63) is 78.6 Å². The van der Waals surface area contributed by atoms with E-state index in [1.165, 1.54) is 11.9 Å². The van der Waals surface area contributed by atoms with Crippen LogP contribution < -0.4 is 24.8 Å². The van der Waals surface area contributed by atoms with Gasteiger partial charge in [-0.25, -0.2) is 9.97 Å². The van der Waals surface area contributed by atoms with Crippen LogP contribution in [0.2, 0.25) is 0 Å². The number of carbonyl (C=O) groups excluding carboxylic acids is 1. The van der Waals surface area contributed by atoms with E-state index in [-0.39, 0.29) is 22.9 Å². The zero-order valence-corrected chi connectivity index (χ0v) is 20.5. The van der Waals surface area contributed by atoms with Crippen LogP contribution in [0.4, 0.5) is 5.69 Å². The van der Waals surface area contributed by atoms with E-state index < -0.39 is 0 Å². The average Bonchev–Trinajstić information content (AvgIpc) is 3.71. The van der Waals surface area contributed by atoms with Crippen LogP contribution in [0, 0.1) is 5.92 Å². The summed E-state index contributed by atoms with van der Waals surface area (Å²) in [6.45, 7) is 0. The summed E-state index contributed by atoms with van der Waals surface area (Å²) in [5, 5.41) is 6.79. The number of nitrogens with one attached hydrogen (secondary N) is 2. The Kier molecular flexibility index (Phi) is 6.64. The third kappa shape index (κ3) is 5.06. The van der Waals surface area contributed by atoms with Gasteiger partial charge in [-0.15, -0.1) is 0 Å². The number of nitrogens with zero attached hydrogens (tertiary/aromatic N) is 2. The topological polar surface area (TPSA) is 94.6 Å². The Morgan fingerprint density at radius 1 is 0.972 bits per heavy atom. The lowest BCUT2D eigenvalue weighted by atomic mass is 10.1. The summed E-state index contributed by atoms with van der Waals surface area (Å²) in [5.41, 5.74) is 2.57. The number of methoxy groups -OCH3 is 2. The fourth-order valence-corrected chi connectivity index (χ4v) is 4.30. The number of benzene rings is 3. The molecule has 2 atom stereocenters. The van der Waals surface area contributed by atoms with Crippen LogP contribution in [-0.4, -0.2) is 35.2 Å². The molecule has 0 saturated heterocycles. The predicted octanol–water partition coefficient (Wildman–Crippen LogP) is 5.06. The van der Waals surface area contributed by atoms with Gasteiger partial charge in [0.15, 0.2) is 16.6 Å². The molecule has 1 aromatic heterocycles. The highest BCUT2D eigenvalue weighted by Gasteiger charge is 2.44. The standard InChI is InChI=1S/C27H24N4O4S/c1-33-23-13-21-22(14-24(23)34-2)28-15-29-26(21)35-18-10-8-17(9-11-18)30-27(36)31-25(32)20-12-19(20)16-6-4-3-5-7-16/h3-11,13-15,19-20H,12H2,1-2H3,(H2,30,31,32,36). The average molecular weight is 501 g/mol. The van der Waals surface area contributed by atoms with Gasteiger partial charge >= 0.3 is 0 Å². The minimum atomic E-state index is -0.0657. The Morgan fingerprint density at radius 3 is 2.42 bits per heavy atom. The van der Waals surface area contributed by atoms with Crippen molar-refractivity contribution in [2.75, 3.05) is 19.5 Å². The van der Waals surface area contributed by atoms with Gasteiger partial charge in [0.1, 0.15) is 12.1 Å². The number of aromatic nitrogens is 2. The normalized spacial score (nSPS) is 16.2. The molecule has 9 heteroatoms. The Morgan fingerprint density at radius 2 is 1.69 bits per heavy atom. The van der Waals surface area contributed by atoms with Crippen LogP contribution in [0.1, 0.15) is 17.9 Å². The van der Waals surface area contributed by atoms with E-state index in [0.29, 0.717) is 34.0 Å². The second kappa shape index (κ2) is 10.2. The summed E-state index contributed by atoms with van der Waals surface area (Å²) in [7, 11) is 3.14. The third-order valence-corrected chi connectivity index (χ3v) is 6.23. The van der Waals surface area contributed by atoms with E-state index in [9.17, 15) is 4.79 Å². The molecule has 0 spiro atoms. The molecular weight excluding hydrogens is 476 g/mol. The Hall–Kier alpha value is -4.24. The van der Waals surface area contributed by atoms with Crippen molar-refractivity contribution >= 4 is 39.8 Å². The number of amides is 1. The molecule has 36 heavy (non-hydrogen) atoms. The first kappa shape index (κ1) is 23.5. The monoisotopic (exact) mass is 500 g/mol. The number of anilines is 1. The number of hydrogen-bond donors (Lipinski definition) is 2. The lowest BCUT2D eigenvalue weighted by molar-refractivity contribution is -0.120. The molecule has 4 aromatic rings. The van der Waals surface area contributed by atoms with Gasteiger partial charge in [0.05, 0.1) is 25.1 Å². The van der Waals surface area contributed by atoms with Crippen molar-refractivity contribution in [1.82, 2.24) is 15.3 Å². The maximum absolute atomic E-state index is 12.6. The van der Waals surface area contributed by atoms with Crippen LogP contribution in [-0.2, 0) is 4.79 Å². The molecule has 1 saturated carbocycles. The van der Waals surface area contributed by atoms with Gasteiger partial charge in [0.2, 0.25) is 11.8 Å². The first-order chi connectivity index (χ1) is 17.6. The van der Waals surface area contributed by atoms with E-state index >= 15 is 0 Å². The highest BCUT2D eigenvalue weighted by molar-refractivity contribution is 7.80. The zero-order valence-electron chi connectivity index (χ0n) is 19.7. The van der Waals surface area contributed by atoms with E-state index in [0.717, 1.165) is 12.1 Å². The number of carbonyl (C=O) groups is 1. The SMILES string of the molecule is COc1cc2ncnc(Oc3ccc(NC(=S)NC(=O)C4CC4c4ccccc4)cc3)c2cc1OC. The van der Waals surface area contributed by atoms with E-state index in [2.05, 4.69) is 32.7 Å². The molecule has 1 fully saturated rings. The Bertz CT molecular complexity index is 1410. The van der Waals surface area contributed by atoms with Gasteiger partial charge in [0, 0.05) is 17.7 Å². The van der Waals surface area contributed by atoms with Crippen LogP contribution in [0.5, 0.6) is 23.1 Å². The second-order valence-corrected chi connectivity index (χ2v) is 8.74. The minimum Gasteiger partial charge on any atom is -0.493 e. The van der Waals surface area contributed by atoms with E-state index in [1.807, 2.05) is 30.3 Å². The van der Waals surface area contributed by atoms with Gasteiger partial charge in [-0.3, -0.25) is 4.79 Å². The lowest BCUT2D eigenvalue weighted by Gasteiger charge is -2.12. The molecule has 3 aromatic carbocycles. The lowest BCUT2D eigenvalue weighted by Crippen LogP contribution is -2.35. The summed E-state index contributed by atoms with van der Waals surface area (Å²) < 4.78 is 16.7. The molecule has 2 N–H and O–H groups in total. The molecular formula is C27H24N4O4S. The molecule has 0 radical (unpaired) electrons. The van der Waals surface area contributed by atoms with Crippen LogP contribution >= 0.6 is 12.2 Å². The van der Waals surface area contributed by atoms with Crippen molar-refractivity contribution in [2.24, 2.45) is 5.92 Å². The molecule has 8 nitrogen and oxygen atoms in total. The predicted molar refractivity (Wildman–Crippen MR) is 141 cm³/mol. The molecule has 182 valence electrons. The summed E-state index contributed by atoms with van der Waals surface area (Å²) in [6.07, 6.45) is 2.27. The molecule has 1 heterocycles. The summed E-state index contributed by atoms with van der Waals surface area (Å²) in [6, 6.07) is 20.8. The zero-order chi connectivity index (χ0) is 25.1. The molecule has 1 aliphatic carbocycles. The van der Waals surface area contributed by atoms with Crippen molar-refractivity contribution in [2.45, 2.75) is 12.3 Å². The first-order valence-electron chi connectivity index (χ1n) is 11.4. The van der Waals surface area contributed by atoms with Crippen molar-refractivity contribution in [3.8, 4) is 23.1 Å². The van der Waals surface area contributed by atoms with Crippen molar-refractivity contribution in [3.63, 3.8) is 0 Å². The smallest absolute Gasteiger partial charge is 0.230 e. The number of rotatable bonds is 7. The van der Waals surface area contributed by atoms with Crippen LogP contribution in [0.25, 0.3) is 10.9 Å². The van der Waals surface area contributed by atoms with Gasteiger partial charge in [-0.05, 0) is 60.5 Å². The molecule has 0 aliphatic heterocycles. The van der Waals surface area contributed by atoms with E-state index in [1.54, 1.807) is 38.5 Å². The first-order valence-corrected chi connectivity index (χ1v) is 11.8. The number of ether oxygens (including phenoxy) is 3. The molecule has 2 unspecified atom stereocenters. The van der Waals surface area contributed by atoms with Crippen molar-refractivity contribution < 1.29 is 19.0 Å². The van der Waals surface area contributed by atoms with Crippen LogP contribution in [0.15, 0.2) is 73.1 Å². The quantitative estimate of drug-likeness (QED) is 0.340. The van der Waals surface area contributed by atoms with Gasteiger partial charge in [-0.1, -0.05) is 30.3 Å². The highest BCUT2D eigenvalue weighted by atomic mass is 32.1. The summed E-state index contributed by atoms with van der Waals surface area (Å²) in [4.78, 5) is 21.1. The van der Waals surface area contributed by atoms with Gasteiger partial charge in [-0.2, -0.15) is 0 Å². The molecule has 5 rings (SSSR count). The highest BCUT2D eigenvalue weighted by Crippen LogP contribution is 2.47. The summed E-state index contributed by atoms with van der Waals surface area (Å²) in [5.74, 6) is 2.24. The second-order valence-electron chi connectivity index (χ2n) is 8.33. The maximum Gasteiger partial charge on any atom is 0.230 e. The fourth-order valence-electron chi connectivity index (χ4n) is 4.08. The van der Waals surface area contributed by atoms with Crippen molar-refractivity contribution in [1.29, 1.82) is 0 Å². The number of fused-ring (bicyclic) bond motifs is 1. The molecule has 1 aliphatic rings. The number of thiocarbonyl (C=S) groups is 1.